The van der Waals surface area contributed by atoms with E-state index < -0.39 is 12.0 Å². The molecule has 4 rings (SSSR count). The third kappa shape index (κ3) is 9.98. The van der Waals surface area contributed by atoms with Crippen molar-refractivity contribution in [3.05, 3.63) is 59.4 Å². The smallest absolute Gasteiger partial charge is 0.308 e. The van der Waals surface area contributed by atoms with E-state index in [1.54, 1.807) is 35.0 Å². The molecule has 1 atom stereocenters. The van der Waals surface area contributed by atoms with Crippen molar-refractivity contribution in [2.45, 2.75) is 38.4 Å². The largest absolute Gasteiger partial charge is 0.469 e. The number of nitrogens with one attached hydrogen (secondary N) is 2. The Balaban J connectivity index is 1.34. The quantitative estimate of drug-likeness (QED) is 0.142. The zero-order valence-electron chi connectivity index (χ0n) is 26.1. The van der Waals surface area contributed by atoms with Crippen LogP contribution in [0.1, 0.15) is 41.0 Å². The number of hydrogen-bond acceptors (Lipinski definition) is 10. The van der Waals surface area contributed by atoms with Gasteiger partial charge < -0.3 is 44.8 Å². The Morgan fingerprint density at radius 3 is 2.44 bits per heavy atom. The molecule has 1 aliphatic heterocycles. The molecule has 244 valence electrons. The number of fused-ring (bicyclic) bond motifs is 2. The summed E-state index contributed by atoms with van der Waals surface area (Å²) in [7, 11) is 3.02. The van der Waals surface area contributed by atoms with Gasteiger partial charge in [0.05, 0.1) is 57.5 Å². The van der Waals surface area contributed by atoms with Crippen molar-refractivity contribution in [3.8, 4) is 0 Å². The van der Waals surface area contributed by atoms with Crippen LogP contribution < -0.4 is 11.1 Å². The Morgan fingerprint density at radius 2 is 1.73 bits per heavy atom. The van der Waals surface area contributed by atoms with Gasteiger partial charge in [-0.15, -0.1) is 0 Å². The standard InChI is InChI=1S/C32H44N6O7/c1-37(22-29-35-26-7-3-4-8-27(26)36-29)31(40)23-9-10-25-24(19-23)21-38(32(41)28(34-25)20-30(39)42-2)12-6-14-44-16-18-45-17-15-43-13-5-11-33/h3-4,7-10,19,28,34H,5-6,11-18,20-22,33H2,1-2H3,(H,35,36)/t28-/m0/s1. The van der Waals surface area contributed by atoms with E-state index in [9.17, 15) is 14.4 Å². The number of para-hydroxylation sites is 2. The highest BCUT2D eigenvalue weighted by atomic mass is 16.5. The minimum Gasteiger partial charge on any atom is -0.469 e. The van der Waals surface area contributed by atoms with Crippen molar-refractivity contribution < 1.29 is 33.3 Å². The van der Waals surface area contributed by atoms with Gasteiger partial charge in [-0.3, -0.25) is 14.4 Å². The summed E-state index contributed by atoms with van der Waals surface area (Å²) in [5.74, 6) is -0.197. The van der Waals surface area contributed by atoms with Crippen molar-refractivity contribution in [3.63, 3.8) is 0 Å². The Kier molecular flexibility index (Phi) is 13.1. The lowest BCUT2D eigenvalue weighted by Crippen LogP contribution is -2.42. The molecule has 3 aromatic rings. The Bertz CT molecular complexity index is 1380. The van der Waals surface area contributed by atoms with E-state index in [4.69, 9.17) is 24.7 Å². The number of benzene rings is 2. The van der Waals surface area contributed by atoms with Crippen LogP contribution in [0.5, 0.6) is 0 Å². The van der Waals surface area contributed by atoms with Crippen molar-refractivity contribution in [2.75, 3.05) is 72.2 Å². The number of H-pyrrole nitrogens is 1. The van der Waals surface area contributed by atoms with Crippen LogP contribution in [0.3, 0.4) is 0 Å². The third-order valence-corrected chi connectivity index (χ3v) is 7.38. The maximum atomic E-state index is 13.5. The Hall–Kier alpha value is -4.04. The van der Waals surface area contributed by atoms with E-state index in [2.05, 4.69) is 15.3 Å². The molecular formula is C32H44N6O7. The molecule has 0 fully saturated rings. The summed E-state index contributed by atoms with van der Waals surface area (Å²) in [6.07, 6.45) is 1.30. The van der Waals surface area contributed by atoms with Gasteiger partial charge in [0.15, 0.2) is 0 Å². The van der Waals surface area contributed by atoms with Gasteiger partial charge >= 0.3 is 5.97 Å². The molecule has 0 aliphatic carbocycles. The number of carbonyl (C=O) groups is 3. The normalized spacial score (nSPS) is 14.6. The Labute approximate surface area is 263 Å². The highest BCUT2D eigenvalue weighted by Gasteiger charge is 2.31. The van der Waals surface area contributed by atoms with Crippen molar-refractivity contribution in [2.24, 2.45) is 5.73 Å². The van der Waals surface area contributed by atoms with Crippen LogP contribution in [-0.4, -0.2) is 110 Å². The van der Waals surface area contributed by atoms with Crippen molar-refractivity contribution in [1.82, 2.24) is 19.8 Å². The van der Waals surface area contributed by atoms with E-state index in [0.717, 1.165) is 23.0 Å². The first-order chi connectivity index (χ1) is 21.9. The molecule has 0 saturated heterocycles. The first-order valence-electron chi connectivity index (χ1n) is 15.3. The SMILES string of the molecule is COC(=O)C[C@@H]1Nc2ccc(C(=O)N(C)Cc3nc4ccccc4[nH]3)cc2CN(CCCOCCOCCOCCCN)C1=O. The number of aromatic amines is 1. The molecule has 1 aliphatic rings. The number of esters is 1. The van der Waals surface area contributed by atoms with E-state index in [1.165, 1.54) is 7.11 Å². The topological polar surface area (TPSA) is 161 Å². The van der Waals surface area contributed by atoms with E-state index in [0.29, 0.717) is 82.8 Å². The molecule has 2 heterocycles. The predicted molar refractivity (Wildman–Crippen MR) is 169 cm³/mol. The maximum absolute atomic E-state index is 13.5. The number of anilines is 1. The van der Waals surface area contributed by atoms with Gasteiger partial charge in [-0.05, 0) is 55.3 Å². The molecule has 13 nitrogen and oxygen atoms in total. The molecule has 1 aromatic heterocycles. The number of ether oxygens (including phenoxy) is 4. The lowest BCUT2D eigenvalue weighted by atomic mass is 10.1. The van der Waals surface area contributed by atoms with Crippen LogP contribution in [0.4, 0.5) is 5.69 Å². The molecule has 0 bridgehead atoms. The number of nitrogens with two attached hydrogens (primary N) is 1. The van der Waals surface area contributed by atoms with Gasteiger partial charge in [0.1, 0.15) is 11.9 Å². The summed E-state index contributed by atoms with van der Waals surface area (Å²) in [4.78, 5) is 50.1. The second-order valence-corrected chi connectivity index (χ2v) is 10.8. The first kappa shape index (κ1) is 33.8. The van der Waals surface area contributed by atoms with E-state index in [1.807, 2.05) is 24.3 Å². The molecule has 0 spiro atoms. The van der Waals surface area contributed by atoms with Crippen LogP contribution in [-0.2, 0) is 41.6 Å². The number of imidazole rings is 1. The number of methoxy groups -OCH3 is 1. The average molecular weight is 625 g/mol. The summed E-state index contributed by atoms with van der Waals surface area (Å²) >= 11 is 0. The number of carbonyl (C=O) groups excluding carboxylic acids is 3. The molecule has 4 N–H and O–H groups in total. The molecule has 2 aromatic carbocycles. The molecule has 0 radical (unpaired) electrons. The highest BCUT2D eigenvalue weighted by molar-refractivity contribution is 5.96. The van der Waals surface area contributed by atoms with Crippen molar-refractivity contribution >= 4 is 34.5 Å². The number of aromatic nitrogens is 2. The minimum atomic E-state index is -0.794. The van der Waals surface area contributed by atoms with Gasteiger partial charge in [-0.2, -0.15) is 0 Å². The second kappa shape index (κ2) is 17.4. The fourth-order valence-electron chi connectivity index (χ4n) is 5.01. The lowest BCUT2D eigenvalue weighted by Gasteiger charge is -2.24. The predicted octanol–water partition coefficient (Wildman–Crippen LogP) is 2.31. The first-order valence-corrected chi connectivity index (χ1v) is 15.3. The molecule has 0 saturated carbocycles. The summed E-state index contributed by atoms with van der Waals surface area (Å²) in [6.45, 7) is 4.56. The molecule has 0 unspecified atom stereocenters. The van der Waals surface area contributed by atoms with Crippen LogP contribution in [0.2, 0.25) is 0 Å². The molecule has 2 amide bonds. The number of rotatable bonds is 18. The third-order valence-electron chi connectivity index (χ3n) is 7.38. The summed E-state index contributed by atoms with van der Waals surface area (Å²) in [5, 5.41) is 3.20. The van der Waals surface area contributed by atoms with Crippen LogP contribution in [0.25, 0.3) is 11.0 Å². The zero-order valence-corrected chi connectivity index (χ0v) is 26.1. The Morgan fingerprint density at radius 1 is 1.02 bits per heavy atom. The average Bonchev–Trinajstić information content (AvgIpc) is 3.40. The van der Waals surface area contributed by atoms with Crippen LogP contribution >= 0.6 is 0 Å². The second-order valence-electron chi connectivity index (χ2n) is 10.8. The number of nitrogens with zero attached hydrogens (tertiary/aromatic N) is 3. The van der Waals surface area contributed by atoms with Gasteiger partial charge in [-0.25, -0.2) is 4.98 Å². The fourth-order valence-corrected chi connectivity index (χ4v) is 5.01. The number of hydrogen-bond donors (Lipinski definition) is 3. The van der Waals surface area contributed by atoms with E-state index >= 15 is 0 Å². The molecular weight excluding hydrogens is 580 g/mol. The van der Waals surface area contributed by atoms with Gasteiger partial charge in [0, 0.05) is 44.6 Å². The van der Waals surface area contributed by atoms with Crippen molar-refractivity contribution in [1.29, 1.82) is 0 Å². The molecule has 45 heavy (non-hydrogen) atoms. The molecule has 13 heteroatoms. The van der Waals surface area contributed by atoms with Gasteiger partial charge in [0.2, 0.25) is 5.91 Å². The number of amides is 2. The summed E-state index contributed by atoms with van der Waals surface area (Å²) < 4.78 is 21.4. The van der Waals surface area contributed by atoms with Crippen LogP contribution in [0.15, 0.2) is 42.5 Å². The summed E-state index contributed by atoms with van der Waals surface area (Å²) in [5.41, 5.74) is 9.15. The van der Waals surface area contributed by atoms with Gasteiger partial charge in [0.25, 0.3) is 5.91 Å². The van der Waals surface area contributed by atoms with E-state index in [-0.39, 0.29) is 24.8 Å². The fraction of sp³-hybridized carbons (Fsp3) is 0.500. The lowest BCUT2D eigenvalue weighted by molar-refractivity contribution is -0.144. The monoisotopic (exact) mass is 624 g/mol. The minimum absolute atomic E-state index is 0.115. The highest BCUT2D eigenvalue weighted by Crippen LogP contribution is 2.26. The van der Waals surface area contributed by atoms with Crippen LogP contribution in [0, 0.1) is 0 Å². The summed E-state index contributed by atoms with van der Waals surface area (Å²) in [6, 6.07) is 12.2. The zero-order chi connectivity index (χ0) is 32.0. The van der Waals surface area contributed by atoms with Gasteiger partial charge in [-0.1, -0.05) is 12.1 Å². The maximum Gasteiger partial charge on any atom is 0.308 e.